The molecule has 0 aliphatic heterocycles. The summed E-state index contributed by atoms with van der Waals surface area (Å²) in [7, 11) is -7.47. The van der Waals surface area contributed by atoms with Crippen LogP contribution < -0.4 is 18.9 Å². The van der Waals surface area contributed by atoms with Gasteiger partial charge in [0.25, 0.3) is 11.9 Å². The predicted molar refractivity (Wildman–Crippen MR) is 69.9 cm³/mol. The van der Waals surface area contributed by atoms with E-state index in [0.717, 1.165) is 0 Å². The molecule has 0 N–H and O–H groups in total. The van der Waals surface area contributed by atoms with Crippen LogP contribution in [0.3, 0.4) is 0 Å². The van der Waals surface area contributed by atoms with Gasteiger partial charge in [-0.25, -0.2) is 39.2 Å². The number of hydrogen-bond donors (Lipinski definition) is 0. The molecule has 0 amide bonds. The van der Waals surface area contributed by atoms with Gasteiger partial charge in [0.2, 0.25) is 6.17 Å². The van der Waals surface area contributed by atoms with Crippen LogP contribution in [-0.2, 0) is 10.1 Å². The molecule has 36 heavy (non-hydrogen) atoms. The van der Waals surface area contributed by atoms with E-state index < -0.39 is 82.3 Å². The molecule has 5 unspecified atom stereocenters. The van der Waals surface area contributed by atoms with E-state index in [4.69, 9.17) is 0 Å². The van der Waals surface area contributed by atoms with Crippen molar-refractivity contribution in [3.8, 4) is 0 Å². The van der Waals surface area contributed by atoms with E-state index in [1.54, 1.807) is 0 Å². The van der Waals surface area contributed by atoms with Gasteiger partial charge in [-0.05, 0) is 0 Å². The average Bonchev–Trinajstić information content (AvgIpc) is 2.68. The summed E-state index contributed by atoms with van der Waals surface area (Å²) in [6, 6.07) is 0. The zero-order chi connectivity index (χ0) is 29.0. The van der Waals surface area contributed by atoms with Crippen LogP contribution in [0.15, 0.2) is 0 Å². The maximum atomic E-state index is 13.5. The Balaban J connectivity index is 0. The molecule has 0 saturated carbocycles. The quantitative estimate of drug-likeness (QED) is 0.197. The molecule has 0 rings (SSSR count). The van der Waals surface area contributed by atoms with Crippen molar-refractivity contribution in [2.45, 2.75) is 72.2 Å². The summed E-state index contributed by atoms with van der Waals surface area (Å²) in [5, 5.41) is 0. The Morgan fingerprint density at radius 2 is 0.806 bits per heavy atom. The van der Waals surface area contributed by atoms with Gasteiger partial charge in [-0.3, -0.25) is 0 Å². The smallest absolute Gasteiger partial charge is 0.746 e. The van der Waals surface area contributed by atoms with Crippen LogP contribution in [-0.4, -0.2) is 85.1 Å². The van der Waals surface area contributed by atoms with Gasteiger partial charge in [-0.1, -0.05) is 0 Å². The van der Waals surface area contributed by atoms with Crippen LogP contribution in [0.5, 0.6) is 0 Å². The van der Waals surface area contributed by atoms with Crippen molar-refractivity contribution in [1.82, 2.24) is 0 Å². The van der Waals surface area contributed by atoms with E-state index >= 15 is 0 Å². The first kappa shape index (κ1) is 37.3. The van der Waals surface area contributed by atoms with Gasteiger partial charge < -0.3 is 4.55 Å². The van der Waals surface area contributed by atoms with Crippen molar-refractivity contribution in [2.24, 2.45) is 0 Å². The molecule has 0 aromatic heterocycles. The van der Waals surface area contributed by atoms with Crippen molar-refractivity contribution in [3.05, 3.63) is 0 Å². The minimum atomic E-state index is -8.77. The van der Waals surface area contributed by atoms with Crippen LogP contribution in [0, 0.1) is 0 Å². The Bertz CT molecular complexity index is 849. The normalized spacial score (nSPS) is 19.4. The third-order valence-electron chi connectivity index (χ3n) is 4.03. The fourth-order valence-corrected chi connectivity index (χ4v) is 2.50. The van der Waals surface area contributed by atoms with Gasteiger partial charge in [0.05, 0.1) is 0 Å². The second-order valence-corrected chi connectivity index (χ2v) is 7.82. The van der Waals surface area contributed by atoms with Crippen molar-refractivity contribution >= 4 is 10.1 Å². The summed E-state index contributed by atoms with van der Waals surface area (Å²) in [6.07, 6.45) is -25.6. The Kier molecular flexibility index (Phi) is 11.1. The van der Waals surface area contributed by atoms with Crippen LogP contribution in [0.1, 0.15) is 0 Å². The molecule has 0 aromatic rings. The molecular formula is C12H6F19LiO3S. The van der Waals surface area contributed by atoms with Gasteiger partial charge >= 0.3 is 54.4 Å². The van der Waals surface area contributed by atoms with Crippen LogP contribution in [0.2, 0.25) is 0 Å². The first-order valence-electron chi connectivity index (χ1n) is 7.69. The minimum absolute atomic E-state index is 0. The minimum Gasteiger partial charge on any atom is -0.746 e. The van der Waals surface area contributed by atoms with Crippen molar-refractivity contribution in [2.75, 3.05) is 0 Å². The summed E-state index contributed by atoms with van der Waals surface area (Å²) < 4.78 is 279. The van der Waals surface area contributed by atoms with Gasteiger partial charge in [-0.2, -0.15) is 52.7 Å². The van der Waals surface area contributed by atoms with Crippen molar-refractivity contribution < 1.29 is 115 Å². The molecule has 0 aliphatic carbocycles. The molecular weight excluding hydrogens is 592 g/mol. The number of halogens is 19. The zero-order valence-electron chi connectivity index (χ0n) is 16.3. The first-order valence-corrected chi connectivity index (χ1v) is 9.16. The van der Waals surface area contributed by atoms with E-state index in [1.807, 2.05) is 0 Å². The molecule has 0 heterocycles. The largest absolute Gasteiger partial charge is 1.00 e. The fraction of sp³-hybridized carbons (Fsp3) is 1.00. The van der Waals surface area contributed by atoms with Crippen molar-refractivity contribution in [3.63, 3.8) is 0 Å². The molecule has 24 heteroatoms. The van der Waals surface area contributed by atoms with E-state index in [0.29, 0.717) is 0 Å². The van der Waals surface area contributed by atoms with E-state index in [1.165, 1.54) is 0 Å². The maximum absolute atomic E-state index is 13.5. The molecule has 5 atom stereocenters. The molecule has 0 saturated heterocycles. The SMILES string of the molecule is O=S(=O)([O-])C(F)C(F)(F)C(F)(F)C(F)(F)C(F)(F)C(F)(F)C(F)(F)C(F)C(F)C(F)C(F)C(F)F.[Li+]. The number of alkyl halides is 19. The summed E-state index contributed by atoms with van der Waals surface area (Å²) in [6.45, 7) is 0. The van der Waals surface area contributed by atoms with E-state index in [9.17, 15) is 96.4 Å². The summed E-state index contributed by atoms with van der Waals surface area (Å²) in [5.74, 6) is -50.4. The summed E-state index contributed by atoms with van der Waals surface area (Å²) in [4.78, 5) is 0. The standard InChI is InChI=1S/C12H7F19O3S.Li/c13-1(3(15)5(17)18)2(14)4(16)7(20,21)9(24,25)11(28,29)12(30,31)10(26,27)8(22,23)6(19)35(32,33)34;/h1-6H,(H,32,33,34);/q;+1/p-1. The van der Waals surface area contributed by atoms with E-state index in [-0.39, 0.29) is 18.9 Å². The van der Waals surface area contributed by atoms with Gasteiger partial charge in [0.15, 0.2) is 18.5 Å². The molecule has 0 bridgehead atoms. The Morgan fingerprint density at radius 1 is 0.500 bits per heavy atom. The number of rotatable bonds is 12. The van der Waals surface area contributed by atoms with Crippen molar-refractivity contribution in [1.29, 1.82) is 0 Å². The monoisotopic (exact) mass is 598 g/mol. The molecule has 0 fully saturated rings. The molecule has 0 spiro atoms. The zero-order valence-corrected chi connectivity index (χ0v) is 17.1. The summed E-state index contributed by atoms with van der Waals surface area (Å²) in [5.41, 5.74) is -6.10. The second kappa shape index (κ2) is 10.7. The topological polar surface area (TPSA) is 57.2 Å². The van der Waals surface area contributed by atoms with Gasteiger partial charge in [0.1, 0.15) is 10.1 Å². The molecule has 212 valence electrons. The maximum Gasteiger partial charge on any atom is 1.00 e. The fourth-order valence-electron chi connectivity index (χ4n) is 1.99. The molecule has 0 aliphatic rings. The Labute approximate surface area is 198 Å². The molecule has 3 nitrogen and oxygen atoms in total. The Morgan fingerprint density at radius 3 is 1.08 bits per heavy atom. The molecule has 0 aromatic carbocycles. The van der Waals surface area contributed by atoms with Crippen LogP contribution in [0.4, 0.5) is 83.4 Å². The van der Waals surface area contributed by atoms with Gasteiger partial charge in [0, 0.05) is 0 Å². The third kappa shape index (κ3) is 5.62. The Hall–Kier alpha value is -0.823. The third-order valence-corrected chi connectivity index (χ3v) is 4.84. The predicted octanol–water partition coefficient (Wildman–Crippen LogP) is 2.26. The average molecular weight is 598 g/mol. The molecule has 0 radical (unpaired) electrons. The van der Waals surface area contributed by atoms with Crippen LogP contribution in [0.25, 0.3) is 0 Å². The number of hydrogen-bond acceptors (Lipinski definition) is 3. The van der Waals surface area contributed by atoms with Gasteiger partial charge in [-0.15, -0.1) is 0 Å². The first-order chi connectivity index (χ1) is 15.0. The van der Waals surface area contributed by atoms with Crippen LogP contribution >= 0.6 is 0 Å². The van der Waals surface area contributed by atoms with E-state index in [2.05, 4.69) is 0 Å². The second-order valence-electron chi connectivity index (χ2n) is 6.42. The summed E-state index contributed by atoms with van der Waals surface area (Å²) >= 11 is 0.